The Labute approximate surface area is 115 Å². The Bertz CT molecular complexity index is 368. The lowest BCUT2D eigenvalue weighted by atomic mass is 10.0. The number of aryl methyl sites for hydroxylation is 1. The van der Waals surface area contributed by atoms with Crippen molar-refractivity contribution < 1.29 is 0 Å². The molecular formula is C14H25N3S. The molecule has 1 atom stereocenters. The minimum Gasteiger partial charge on any atom is -0.359 e. The molecule has 2 N–H and O–H groups in total. The number of nitrogens with zero attached hydrogens (tertiary/aromatic N) is 2. The first-order valence-electron chi connectivity index (χ1n) is 6.49. The summed E-state index contributed by atoms with van der Waals surface area (Å²) in [6, 6.07) is 2.46. The first-order chi connectivity index (χ1) is 8.58. The number of pyridine rings is 1. The molecule has 0 amide bonds. The molecule has 1 heterocycles. The maximum Gasteiger partial charge on any atom is 0.131 e. The van der Waals surface area contributed by atoms with Crippen molar-refractivity contribution in [3.63, 3.8) is 0 Å². The fourth-order valence-corrected chi connectivity index (χ4v) is 2.37. The maximum absolute atomic E-state index is 5.98. The van der Waals surface area contributed by atoms with E-state index in [4.69, 9.17) is 5.73 Å². The van der Waals surface area contributed by atoms with E-state index >= 15 is 0 Å². The molecule has 1 rings (SSSR count). The van der Waals surface area contributed by atoms with Crippen LogP contribution in [0.4, 0.5) is 5.82 Å². The lowest BCUT2D eigenvalue weighted by molar-refractivity contribution is 0.644. The molecule has 0 aliphatic carbocycles. The number of rotatable bonds is 7. The zero-order valence-electron chi connectivity index (χ0n) is 11.9. The van der Waals surface area contributed by atoms with E-state index < -0.39 is 0 Å². The molecule has 4 heteroatoms. The summed E-state index contributed by atoms with van der Waals surface area (Å²) in [7, 11) is 2.10. The average molecular weight is 267 g/mol. The third-order valence-corrected chi connectivity index (χ3v) is 3.71. The summed E-state index contributed by atoms with van der Waals surface area (Å²) in [4.78, 5) is 6.80. The van der Waals surface area contributed by atoms with Gasteiger partial charge in [0.1, 0.15) is 5.82 Å². The molecule has 1 aromatic rings. The molecule has 0 aliphatic heterocycles. The van der Waals surface area contributed by atoms with Gasteiger partial charge in [0.15, 0.2) is 0 Å². The second-order valence-corrected chi connectivity index (χ2v) is 5.76. The number of thioether (sulfide) groups is 1. The monoisotopic (exact) mass is 267 g/mol. The van der Waals surface area contributed by atoms with Crippen LogP contribution in [-0.4, -0.2) is 36.6 Å². The van der Waals surface area contributed by atoms with Gasteiger partial charge in [0.25, 0.3) is 0 Å². The molecule has 102 valence electrons. The van der Waals surface area contributed by atoms with Gasteiger partial charge in [-0.05, 0) is 37.1 Å². The van der Waals surface area contributed by atoms with E-state index in [1.54, 1.807) is 0 Å². The first kappa shape index (κ1) is 15.3. The van der Waals surface area contributed by atoms with E-state index in [0.29, 0.717) is 0 Å². The van der Waals surface area contributed by atoms with Crippen molar-refractivity contribution in [1.29, 1.82) is 0 Å². The van der Waals surface area contributed by atoms with Crippen LogP contribution in [0, 0.1) is 6.92 Å². The Balaban J connectivity index is 2.72. The quantitative estimate of drug-likeness (QED) is 0.824. The Morgan fingerprint density at radius 2 is 2.22 bits per heavy atom. The van der Waals surface area contributed by atoms with E-state index in [-0.39, 0.29) is 6.04 Å². The number of nitrogens with two attached hydrogens (primary N) is 1. The summed E-state index contributed by atoms with van der Waals surface area (Å²) in [6.07, 6.45) is 6.02. The van der Waals surface area contributed by atoms with E-state index in [1.165, 1.54) is 11.1 Å². The molecule has 0 aliphatic rings. The third kappa shape index (κ3) is 4.50. The molecule has 0 aromatic carbocycles. The molecule has 0 fully saturated rings. The number of anilines is 1. The summed E-state index contributed by atoms with van der Waals surface area (Å²) in [5.41, 5.74) is 8.45. The molecule has 0 spiro atoms. The van der Waals surface area contributed by atoms with Crippen LogP contribution in [0.5, 0.6) is 0 Å². The molecule has 18 heavy (non-hydrogen) atoms. The van der Waals surface area contributed by atoms with E-state index in [9.17, 15) is 0 Å². The summed E-state index contributed by atoms with van der Waals surface area (Å²) >= 11 is 1.86. The highest BCUT2D eigenvalue weighted by Crippen LogP contribution is 2.17. The lowest BCUT2D eigenvalue weighted by Crippen LogP contribution is -2.23. The van der Waals surface area contributed by atoms with Crippen molar-refractivity contribution in [3.8, 4) is 0 Å². The standard InChI is InChI=1S/C14H25N3S/c1-5-13(15)9-12-8-11(2)14(16-10-12)17(3)6-7-18-4/h8,10,13H,5-7,9,15H2,1-4H3. The summed E-state index contributed by atoms with van der Waals surface area (Å²) in [5.74, 6) is 2.21. The van der Waals surface area contributed by atoms with Crippen LogP contribution in [0.1, 0.15) is 24.5 Å². The SMILES string of the molecule is CCC(N)Cc1cnc(N(C)CCSC)c(C)c1. The summed E-state index contributed by atoms with van der Waals surface area (Å²) < 4.78 is 0. The van der Waals surface area contributed by atoms with Crippen molar-refractivity contribution >= 4 is 17.6 Å². The Morgan fingerprint density at radius 3 is 2.78 bits per heavy atom. The van der Waals surface area contributed by atoms with Gasteiger partial charge in [-0.2, -0.15) is 11.8 Å². The zero-order valence-corrected chi connectivity index (χ0v) is 12.8. The average Bonchev–Trinajstić information content (AvgIpc) is 2.36. The minimum absolute atomic E-state index is 0.242. The molecular weight excluding hydrogens is 242 g/mol. The van der Waals surface area contributed by atoms with Crippen molar-refractivity contribution in [1.82, 2.24) is 4.98 Å². The summed E-state index contributed by atoms with van der Waals surface area (Å²) in [5, 5.41) is 0. The van der Waals surface area contributed by atoms with Crippen molar-refractivity contribution in [2.45, 2.75) is 32.7 Å². The van der Waals surface area contributed by atoms with Gasteiger partial charge in [-0.1, -0.05) is 13.0 Å². The van der Waals surface area contributed by atoms with Gasteiger partial charge < -0.3 is 10.6 Å². The number of hydrogen-bond donors (Lipinski definition) is 1. The predicted octanol–water partition coefficient (Wildman–Crippen LogP) is 2.47. The van der Waals surface area contributed by atoms with Gasteiger partial charge in [0.2, 0.25) is 0 Å². The highest BCUT2D eigenvalue weighted by atomic mass is 32.2. The van der Waals surface area contributed by atoms with Crippen molar-refractivity contribution in [3.05, 3.63) is 23.4 Å². The Hall–Kier alpha value is -0.740. The van der Waals surface area contributed by atoms with Gasteiger partial charge >= 0.3 is 0 Å². The third-order valence-electron chi connectivity index (χ3n) is 3.12. The highest BCUT2D eigenvalue weighted by Gasteiger charge is 2.08. The molecule has 0 saturated heterocycles. The maximum atomic E-state index is 5.98. The predicted molar refractivity (Wildman–Crippen MR) is 82.6 cm³/mol. The van der Waals surface area contributed by atoms with Crippen LogP contribution in [-0.2, 0) is 6.42 Å². The number of aromatic nitrogens is 1. The van der Waals surface area contributed by atoms with Crippen LogP contribution in [0.2, 0.25) is 0 Å². The Kier molecular flexibility index (Phi) is 6.50. The van der Waals surface area contributed by atoms with Crippen LogP contribution >= 0.6 is 11.8 Å². The molecule has 0 saturated carbocycles. The smallest absolute Gasteiger partial charge is 0.131 e. The highest BCUT2D eigenvalue weighted by molar-refractivity contribution is 7.98. The second kappa shape index (κ2) is 7.64. The van der Waals surface area contributed by atoms with Gasteiger partial charge in [0, 0.05) is 31.6 Å². The fourth-order valence-electron chi connectivity index (χ4n) is 1.92. The van der Waals surface area contributed by atoms with Gasteiger partial charge in [-0.3, -0.25) is 0 Å². The molecule has 1 unspecified atom stereocenters. The normalized spacial score (nSPS) is 12.5. The molecule has 1 aromatic heterocycles. The van der Waals surface area contributed by atoms with Crippen LogP contribution in [0.25, 0.3) is 0 Å². The van der Waals surface area contributed by atoms with Gasteiger partial charge in [-0.25, -0.2) is 4.98 Å². The largest absolute Gasteiger partial charge is 0.359 e. The number of hydrogen-bond acceptors (Lipinski definition) is 4. The summed E-state index contributed by atoms with van der Waals surface area (Å²) in [6.45, 7) is 5.28. The van der Waals surface area contributed by atoms with Crippen molar-refractivity contribution in [2.24, 2.45) is 5.73 Å². The first-order valence-corrected chi connectivity index (χ1v) is 7.89. The van der Waals surface area contributed by atoms with Crippen LogP contribution in [0.15, 0.2) is 12.3 Å². The second-order valence-electron chi connectivity index (χ2n) is 4.77. The van der Waals surface area contributed by atoms with Crippen LogP contribution in [0.3, 0.4) is 0 Å². The topological polar surface area (TPSA) is 42.1 Å². The van der Waals surface area contributed by atoms with E-state index in [2.05, 4.69) is 43.1 Å². The van der Waals surface area contributed by atoms with Gasteiger partial charge in [-0.15, -0.1) is 0 Å². The van der Waals surface area contributed by atoms with E-state index in [0.717, 1.165) is 31.0 Å². The molecule has 0 bridgehead atoms. The Morgan fingerprint density at radius 1 is 1.50 bits per heavy atom. The molecule has 0 radical (unpaired) electrons. The van der Waals surface area contributed by atoms with Gasteiger partial charge in [0.05, 0.1) is 0 Å². The van der Waals surface area contributed by atoms with Crippen molar-refractivity contribution in [2.75, 3.05) is 30.5 Å². The van der Waals surface area contributed by atoms with Crippen LogP contribution < -0.4 is 10.6 Å². The minimum atomic E-state index is 0.242. The molecule has 3 nitrogen and oxygen atoms in total. The zero-order chi connectivity index (χ0) is 13.5. The fraction of sp³-hybridized carbons (Fsp3) is 0.643. The van der Waals surface area contributed by atoms with E-state index in [1.807, 2.05) is 18.0 Å². The lowest BCUT2D eigenvalue weighted by Gasteiger charge is -2.20.